The molecule has 0 aliphatic heterocycles. The summed E-state index contributed by atoms with van der Waals surface area (Å²) in [6.07, 6.45) is 2.80. The second-order valence-corrected chi connectivity index (χ2v) is 4.03. The van der Waals surface area contributed by atoms with Gasteiger partial charge in [0.05, 0.1) is 0 Å². The molecule has 5 N–H and O–H groups in total. The highest BCUT2D eigenvalue weighted by Crippen LogP contribution is 2.15. The summed E-state index contributed by atoms with van der Waals surface area (Å²) < 4.78 is 0. The van der Waals surface area contributed by atoms with Crippen molar-refractivity contribution in [2.45, 2.75) is 0 Å². The minimum absolute atomic E-state index is 0.0602. The number of rotatable bonds is 3. The Morgan fingerprint density at radius 2 is 1.57 bits per heavy atom. The molecular formula is C13H14N6O2. The van der Waals surface area contributed by atoms with Crippen LogP contribution in [0.3, 0.4) is 0 Å². The van der Waals surface area contributed by atoms with Crippen molar-refractivity contribution in [3.8, 4) is 0 Å². The van der Waals surface area contributed by atoms with Crippen LogP contribution in [0.5, 0.6) is 0 Å². The van der Waals surface area contributed by atoms with E-state index in [4.69, 9.17) is 5.73 Å². The Labute approximate surface area is 120 Å². The van der Waals surface area contributed by atoms with Crippen molar-refractivity contribution in [3.05, 3.63) is 42.4 Å². The zero-order valence-corrected chi connectivity index (χ0v) is 11.3. The quantitative estimate of drug-likeness (QED) is 0.672. The number of urea groups is 1. The summed E-state index contributed by atoms with van der Waals surface area (Å²) >= 11 is 0. The Morgan fingerprint density at radius 1 is 1.00 bits per heavy atom. The molecule has 2 aromatic rings. The van der Waals surface area contributed by atoms with E-state index in [1.165, 1.54) is 19.4 Å². The third kappa shape index (κ3) is 3.66. The van der Waals surface area contributed by atoms with E-state index in [0.29, 0.717) is 11.4 Å². The smallest absolute Gasteiger partial charge is 0.318 e. The molecule has 0 fully saturated rings. The first-order valence-electron chi connectivity index (χ1n) is 6.07. The topological polar surface area (TPSA) is 122 Å². The van der Waals surface area contributed by atoms with Crippen LogP contribution >= 0.6 is 0 Å². The standard InChI is InChI=1S/C13H14N6O2/c1-15-13(21)19-9-4-2-8(3-5-9)18-12(20)10-11(14)17-7-6-16-10/h2-7H,1H3,(H2,14,17)(H,18,20)(H2,15,19,21). The summed E-state index contributed by atoms with van der Waals surface area (Å²) in [6.45, 7) is 0. The molecule has 1 aromatic carbocycles. The predicted molar refractivity (Wildman–Crippen MR) is 78.9 cm³/mol. The largest absolute Gasteiger partial charge is 0.382 e. The lowest BCUT2D eigenvalue weighted by Crippen LogP contribution is -2.24. The van der Waals surface area contributed by atoms with Crippen molar-refractivity contribution in [3.63, 3.8) is 0 Å². The molecule has 0 radical (unpaired) electrons. The molecule has 0 atom stereocenters. The van der Waals surface area contributed by atoms with Crippen molar-refractivity contribution in [1.29, 1.82) is 0 Å². The number of hydrogen-bond donors (Lipinski definition) is 4. The van der Waals surface area contributed by atoms with Crippen LogP contribution in [-0.4, -0.2) is 29.0 Å². The molecule has 2 rings (SSSR count). The fourth-order valence-electron chi connectivity index (χ4n) is 1.54. The number of hydrogen-bond acceptors (Lipinski definition) is 5. The number of carbonyl (C=O) groups excluding carboxylic acids is 2. The SMILES string of the molecule is CNC(=O)Nc1ccc(NC(=O)c2nccnc2N)cc1. The zero-order valence-electron chi connectivity index (χ0n) is 11.3. The van der Waals surface area contributed by atoms with Gasteiger partial charge in [-0.1, -0.05) is 0 Å². The summed E-state index contributed by atoms with van der Waals surface area (Å²) in [5, 5.41) is 7.69. The van der Waals surface area contributed by atoms with Crippen molar-refractivity contribution in [2.75, 3.05) is 23.4 Å². The maximum Gasteiger partial charge on any atom is 0.318 e. The third-order valence-corrected chi connectivity index (χ3v) is 2.57. The summed E-state index contributed by atoms with van der Waals surface area (Å²) in [6, 6.07) is 6.29. The van der Waals surface area contributed by atoms with Crippen molar-refractivity contribution < 1.29 is 9.59 Å². The predicted octanol–water partition coefficient (Wildman–Crippen LogP) is 1.06. The van der Waals surface area contributed by atoms with Crippen LogP contribution in [0.4, 0.5) is 22.0 Å². The monoisotopic (exact) mass is 286 g/mol. The summed E-state index contributed by atoms with van der Waals surface area (Å²) in [5.74, 6) is -0.388. The van der Waals surface area contributed by atoms with Gasteiger partial charge in [-0.25, -0.2) is 14.8 Å². The van der Waals surface area contributed by atoms with Gasteiger partial charge in [0, 0.05) is 30.8 Å². The molecule has 1 heterocycles. The lowest BCUT2D eigenvalue weighted by atomic mass is 10.2. The second kappa shape index (κ2) is 6.33. The molecule has 21 heavy (non-hydrogen) atoms. The van der Waals surface area contributed by atoms with Crippen molar-refractivity contribution in [1.82, 2.24) is 15.3 Å². The maximum atomic E-state index is 12.0. The number of nitrogens with zero attached hydrogens (tertiary/aromatic N) is 2. The zero-order chi connectivity index (χ0) is 15.2. The lowest BCUT2D eigenvalue weighted by molar-refractivity contribution is 0.102. The van der Waals surface area contributed by atoms with Gasteiger partial charge in [0.25, 0.3) is 5.91 Å². The molecule has 0 aliphatic rings. The Bertz CT molecular complexity index is 656. The van der Waals surface area contributed by atoms with E-state index in [2.05, 4.69) is 25.9 Å². The minimum Gasteiger partial charge on any atom is -0.382 e. The maximum absolute atomic E-state index is 12.0. The molecule has 0 spiro atoms. The lowest BCUT2D eigenvalue weighted by Gasteiger charge is -2.08. The summed E-state index contributed by atoms with van der Waals surface area (Å²) in [5.41, 5.74) is 6.79. The normalized spacial score (nSPS) is 9.76. The van der Waals surface area contributed by atoms with Gasteiger partial charge < -0.3 is 21.7 Å². The van der Waals surface area contributed by atoms with E-state index in [1.807, 2.05) is 0 Å². The molecule has 0 unspecified atom stereocenters. The van der Waals surface area contributed by atoms with Gasteiger partial charge >= 0.3 is 6.03 Å². The number of anilines is 3. The van der Waals surface area contributed by atoms with E-state index >= 15 is 0 Å². The van der Waals surface area contributed by atoms with Gasteiger partial charge in [-0.2, -0.15) is 0 Å². The highest BCUT2D eigenvalue weighted by atomic mass is 16.2. The van der Waals surface area contributed by atoms with E-state index in [-0.39, 0.29) is 17.5 Å². The van der Waals surface area contributed by atoms with Gasteiger partial charge in [0.2, 0.25) is 0 Å². The number of nitrogens with one attached hydrogen (secondary N) is 3. The molecule has 0 saturated heterocycles. The van der Waals surface area contributed by atoms with Gasteiger partial charge in [-0.3, -0.25) is 4.79 Å². The Balaban J connectivity index is 2.05. The highest BCUT2D eigenvalue weighted by molar-refractivity contribution is 6.05. The molecule has 0 aliphatic carbocycles. The van der Waals surface area contributed by atoms with E-state index in [9.17, 15) is 9.59 Å². The fraction of sp³-hybridized carbons (Fsp3) is 0.0769. The average molecular weight is 286 g/mol. The molecule has 8 heteroatoms. The van der Waals surface area contributed by atoms with E-state index < -0.39 is 5.91 Å². The first-order valence-corrected chi connectivity index (χ1v) is 6.07. The van der Waals surface area contributed by atoms with Crippen LogP contribution in [0.15, 0.2) is 36.7 Å². The number of carbonyl (C=O) groups is 2. The van der Waals surface area contributed by atoms with Crippen LogP contribution in [-0.2, 0) is 0 Å². The number of amides is 3. The first kappa shape index (κ1) is 14.3. The number of nitrogens with two attached hydrogens (primary N) is 1. The molecule has 1 aromatic heterocycles. The molecular weight excluding hydrogens is 272 g/mol. The van der Waals surface area contributed by atoms with Crippen LogP contribution in [0.2, 0.25) is 0 Å². The van der Waals surface area contributed by atoms with Crippen LogP contribution in [0.1, 0.15) is 10.5 Å². The van der Waals surface area contributed by atoms with Crippen LogP contribution in [0.25, 0.3) is 0 Å². The Hall–Kier alpha value is -3.16. The van der Waals surface area contributed by atoms with Gasteiger partial charge in [0.1, 0.15) is 0 Å². The minimum atomic E-state index is -0.451. The van der Waals surface area contributed by atoms with Crippen LogP contribution in [0, 0.1) is 0 Å². The summed E-state index contributed by atoms with van der Waals surface area (Å²) in [4.78, 5) is 30.8. The third-order valence-electron chi connectivity index (χ3n) is 2.57. The molecule has 0 bridgehead atoms. The molecule has 3 amide bonds. The van der Waals surface area contributed by atoms with Crippen molar-refractivity contribution in [2.24, 2.45) is 0 Å². The average Bonchev–Trinajstić information content (AvgIpc) is 2.49. The van der Waals surface area contributed by atoms with Crippen LogP contribution < -0.4 is 21.7 Å². The number of benzene rings is 1. The van der Waals surface area contributed by atoms with Gasteiger partial charge in [-0.15, -0.1) is 0 Å². The highest BCUT2D eigenvalue weighted by Gasteiger charge is 2.12. The number of nitrogen functional groups attached to an aromatic ring is 1. The molecule has 8 nitrogen and oxygen atoms in total. The fourth-order valence-corrected chi connectivity index (χ4v) is 1.54. The summed E-state index contributed by atoms with van der Waals surface area (Å²) in [7, 11) is 1.52. The molecule has 0 saturated carbocycles. The Kier molecular flexibility index (Phi) is 4.30. The Morgan fingerprint density at radius 3 is 2.14 bits per heavy atom. The first-order chi connectivity index (χ1) is 10.1. The van der Waals surface area contributed by atoms with E-state index in [1.54, 1.807) is 24.3 Å². The number of aromatic nitrogens is 2. The second-order valence-electron chi connectivity index (χ2n) is 4.03. The van der Waals surface area contributed by atoms with Gasteiger partial charge in [-0.05, 0) is 24.3 Å². The molecule has 108 valence electrons. The van der Waals surface area contributed by atoms with Crippen molar-refractivity contribution >= 4 is 29.1 Å². The van der Waals surface area contributed by atoms with Gasteiger partial charge in [0.15, 0.2) is 11.5 Å². The van der Waals surface area contributed by atoms with E-state index in [0.717, 1.165) is 0 Å².